The third-order valence-corrected chi connectivity index (χ3v) is 3.79. The summed E-state index contributed by atoms with van der Waals surface area (Å²) in [6, 6.07) is 15.2. The number of anilines is 3. The zero-order valence-electron chi connectivity index (χ0n) is 13.5. The van der Waals surface area contributed by atoms with Gasteiger partial charge in [-0.2, -0.15) is 0 Å². The molecule has 122 valence electrons. The Hall–Kier alpha value is -2.20. The van der Waals surface area contributed by atoms with E-state index in [2.05, 4.69) is 41.5 Å². The Morgan fingerprint density at radius 2 is 1.74 bits per heavy atom. The number of amides is 1. The van der Waals surface area contributed by atoms with Crippen molar-refractivity contribution in [1.82, 2.24) is 0 Å². The van der Waals surface area contributed by atoms with Gasteiger partial charge in [0.1, 0.15) is 0 Å². The van der Waals surface area contributed by atoms with E-state index in [4.69, 9.17) is 11.6 Å². The molecule has 0 saturated heterocycles. The maximum atomic E-state index is 11.9. The van der Waals surface area contributed by atoms with Crippen molar-refractivity contribution in [3.63, 3.8) is 0 Å². The van der Waals surface area contributed by atoms with Crippen LogP contribution in [0.2, 0.25) is 5.02 Å². The fourth-order valence-electron chi connectivity index (χ4n) is 2.33. The van der Waals surface area contributed by atoms with Gasteiger partial charge in [-0.05, 0) is 56.3 Å². The fraction of sp³-hybridized carbons (Fsp3) is 0.278. The first-order valence-electron chi connectivity index (χ1n) is 7.76. The Balaban J connectivity index is 1.86. The largest absolute Gasteiger partial charge is 0.376 e. The Morgan fingerprint density at radius 1 is 1.04 bits per heavy atom. The molecule has 0 spiro atoms. The van der Waals surface area contributed by atoms with E-state index in [1.54, 1.807) is 18.2 Å². The van der Waals surface area contributed by atoms with Gasteiger partial charge in [-0.25, -0.2) is 0 Å². The van der Waals surface area contributed by atoms with Gasteiger partial charge in [0.05, 0.1) is 6.54 Å². The summed E-state index contributed by atoms with van der Waals surface area (Å²) in [5, 5.41) is 6.52. The molecular formula is C18H22ClN3O. The molecule has 0 heterocycles. The quantitative estimate of drug-likeness (QED) is 0.797. The van der Waals surface area contributed by atoms with E-state index in [0.717, 1.165) is 18.8 Å². The van der Waals surface area contributed by atoms with E-state index in [1.807, 2.05) is 18.2 Å². The summed E-state index contributed by atoms with van der Waals surface area (Å²) in [4.78, 5) is 14.2. The normalized spacial score (nSPS) is 10.2. The number of rotatable bonds is 7. The van der Waals surface area contributed by atoms with Crippen molar-refractivity contribution in [1.29, 1.82) is 0 Å². The van der Waals surface area contributed by atoms with Crippen LogP contribution in [0.4, 0.5) is 17.1 Å². The van der Waals surface area contributed by atoms with Gasteiger partial charge in [-0.15, -0.1) is 0 Å². The molecule has 5 heteroatoms. The number of carbonyl (C=O) groups excluding carboxylic acids is 1. The van der Waals surface area contributed by atoms with Crippen molar-refractivity contribution in [3.05, 3.63) is 53.6 Å². The molecular weight excluding hydrogens is 310 g/mol. The molecule has 0 fully saturated rings. The molecule has 0 bridgehead atoms. The summed E-state index contributed by atoms with van der Waals surface area (Å²) in [5.41, 5.74) is 2.80. The van der Waals surface area contributed by atoms with Crippen LogP contribution in [0.1, 0.15) is 13.8 Å². The lowest BCUT2D eigenvalue weighted by molar-refractivity contribution is -0.114. The number of nitrogens with zero attached hydrogens (tertiary/aromatic N) is 1. The number of hydrogen-bond acceptors (Lipinski definition) is 3. The van der Waals surface area contributed by atoms with E-state index in [9.17, 15) is 4.79 Å². The average molecular weight is 332 g/mol. The summed E-state index contributed by atoms with van der Waals surface area (Å²) in [6.07, 6.45) is 0. The molecule has 0 atom stereocenters. The summed E-state index contributed by atoms with van der Waals surface area (Å²) < 4.78 is 0. The maximum Gasteiger partial charge on any atom is 0.243 e. The molecule has 23 heavy (non-hydrogen) atoms. The SMILES string of the molecule is CCN(CC)c1ccc(NCC(=O)Nc2cccc(Cl)c2)cc1. The van der Waals surface area contributed by atoms with Crippen molar-refractivity contribution >= 4 is 34.6 Å². The second-order valence-electron chi connectivity index (χ2n) is 5.13. The lowest BCUT2D eigenvalue weighted by atomic mass is 10.2. The fourth-order valence-corrected chi connectivity index (χ4v) is 2.52. The van der Waals surface area contributed by atoms with Gasteiger partial charge in [-0.1, -0.05) is 17.7 Å². The second kappa shape index (κ2) is 8.44. The van der Waals surface area contributed by atoms with Crippen LogP contribution in [0.5, 0.6) is 0 Å². The molecule has 2 aromatic rings. The van der Waals surface area contributed by atoms with Crippen molar-refractivity contribution in [2.75, 3.05) is 35.2 Å². The molecule has 2 aromatic carbocycles. The number of benzene rings is 2. The Labute approximate surface area is 142 Å². The van der Waals surface area contributed by atoms with E-state index in [1.165, 1.54) is 5.69 Å². The van der Waals surface area contributed by atoms with Gasteiger partial charge >= 0.3 is 0 Å². The van der Waals surface area contributed by atoms with Gasteiger partial charge in [0, 0.05) is 35.2 Å². The minimum Gasteiger partial charge on any atom is -0.376 e. The van der Waals surface area contributed by atoms with Gasteiger partial charge in [0.25, 0.3) is 0 Å². The van der Waals surface area contributed by atoms with Gasteiger partial charge in [0.2, 0.25) is 5.91 Å². The van der Waals surface area contributed by atoms with Gasteiger partial charge < -0.3 is 15.5 Å². The van der Waals surface area contributed by atoms with Gasteiger partial charge in [-0.3, -0.25) is 4.79 Å². The first-order valence-corrected chi connectivity index (χ1v) is 8.14. The zero-order valence-corrected chi connectivity index (χ0v) is 14.2. The predicted octanol–water partition coefficient (Wildman–Crippen LogP) is 4.24. The lowest BCUT2D eigenvalue weighted by Gasteiger charge is -2.21. The first-order chi connectivity index (χ1) is 11.1. The van der Waals surface area contributed by atoms with E-state index in [-0.39, 0.29) is 12.5 Å². The molecule has 4 nitrogen and oxygen atoms in total. The minimum atomic E-state index is -0.111. The minimum absolute atomic E-state index is 0.111. The van der Waals surface area contributed by atoms with Gasteiger partial charge in [0.15, 0.2) is 0 Å². The Kier molecular flexibility index (Phi) is 6.29. The average Bonchev–Trinajstić information content (AvgIpc) is 2.55. The number of nitrogens with one attached hydrogen (secondary N) is 2. The van der Waals surface area contributed by atoms with Crippen LogP contribution in [0, 0.1) is 0 Å². The molecule has 1 amide bonds. The van der Waals surface area contributed by atoms with Crippen molar-refractivity contribution in [2.45, 2.75) is 13.8 Å². The van der Waals surface area contributed by atoms with Crippen molar-refractivity contribution < 1.29 is 4.79 Å². The highest BCUT2D eigenvalue weighted by Crippen LogP contribution is 2.18. The van der Waals surface area contributed by atoms with Crippen LogP contribution in [0.3, 0.4) is 0 Å². The highest BCUT2D eigenvalue weighted by Gasteiger charge is 2.04. The standard InChI is InChI=1S/C18H22ClN3O/c1-3-22(4-2)17-10-8-15(9-11-17)20-13-18(23)21-16-7-5-6-14(19)12-16/h5-12,20H,3-4,13H2,1-2H3,(H,21,23). The first kappa shape index (κ1) is 17.2. The molecule has 0 aliphatic heterocycles. The molecule has 2 N–H and O–H groups in total. The van der Waals surface area contributed by atoms with Crippen molar-refractivity contribution in [3.8, 4) is 0 Å². The second-order valence-corrected chi connectivity index (χ2v) is 5.57. The van der Waals surface area contributed by atoms with E-state index < -0.39 is 0 Å². The third kappa shape index (κ3) is 5.18. The molecule has 2 rings (SSSR count). The summed E-state index contributed by atoms with van der Waals surface area (Å²) in [7, 11) is 0. The Morgan fingerprint density at radius 3 is 2.35 bits per heavy atom. The van der Waals surface area contributed by atoms with Crippen LogP contribution in [0.15, 0.2) is 48.5 Å². The monoisotopic (exact) mass is 331 g/mol. The smallest absolute Gasteiger partial charge is 0.243 e. The highest BCUT2D eigenvalue weighted by molar-refractivity contribution is 6.30. The van der Waals surface area contributed by atoms with Crippen LogP contribution >= 0.6 is 11.6 Å². The number of hydrogen-bond donors (Lipinski definition) is 2. The van der Waals surface area contributed by atoms with Crippen molar-refractivity contribution in [2.24, 2.45) is 0 Å². The number of carbonyl (C=O) groups is 1. The maximum absolute atomic E-state index is 11.9. The molecule has 0 aliphatic carbocycles. The lowest BCUT2D eigenvalue weighted by Crippen LogP contribution is -2.22. The molecule has 0 aliphatic rings. The van der Waals surface area contributed by atoms with Crippen LogP contribution < -0.4 is 15.5 Å². The molecule has 0 aromatic heterocycles. The van der Waals surface area contributed by atoms with E-state index >= 15 is 0 Å². The molecule has 0 unspecified atom stereocenters. The van der Waals surface area contributed by atoms with Crippen LogP contribution in [0.25, 0.3) is 0 Å². The Bertz CT molecular complexity index is 639. The van der Waals surface area contributed by atoms with Crippen LogP contribution in [-0.2, 0) is 4.79 Å². The summed E-state index contributed by atoms with van der Waals surface area (Å²) >= 11 is 5.89. The molecule has 0 radical (unpaired) electrons. The summed E-state index contributed by atoms with van der Waals surface area (Å²) in [5.74, 6) is -0.111. The zero-order chi connectivity index (χ0) is 16.7. The predicted molar refractivity (Wildman–Crippen MR) is 98.6 cm³/mol. The highest BCUT2D eigenvalue weighted by atomic mass is 35.5. The topological polar surface area (TPSA) is 44.4 Å². The van der Waals surface area contributed by atoms with Crippen LogP contribution in [-0.4, -0.2) is 25.5 Å². The molecule has 0 saturated carbocycles. The number of halogens is 1. The van der Waals surface area contributed by atoms with E-state index in [0.29, 0.717) is 10.7 Å². The summed E-state index contributed by atoms with van der Waals surface area (Å²) in [6.45, 7) is 6.43. The third-order valence-electron chi connectivity index (χ3n) is 3.56.